The quantitative estimate of drug-likeness (QED) is 0.541. The van der Waals surface area contributed by atoms with E-state index in [1.807, 2.05) is 25.7 Å². The average Bonchev–Trinajstić information content (AvgIpc) is 2.64. The lowest BCUT2D eigenvalue weighted by Crippen LogP contribution is -2.33. The molecule has 0 aromatic heterocycles. The number of nitrogens with two attached hydrogens (primary N) is 1. The first-order chi connectivity index (χ1) is 9.78. The third-order valence-electron chi connectivity index (χ3n) is 2.63. The molecule has 1 heterocycles. The van der Waals surface area contributed by atoms with Crippen LogP contribution in [0.4, 0.5) is 4.79 Å². The Morgan fingerprint density at radius 2 is 2.10 bits per heavy atom. The normalized spacial score (nSPS) is 19.0. The van der Waals surface area contributed by atoms with Crippen molar-refractivity contribution >= 4 is 33.6 Å². The molecule has 1 atom stereocenters. The molecule has 122 valence electrons. The summed E-state index contributed by atoms with van der Waals surface area (Å²) in [5.41, 5.74) is 5.27. The average molecular weight is 335 g/mol. The molecule has 1 unspecified atom stereocenters. The highest BCUT2D eigenvalue weighted by molar-refractivity contribution is 8.76. The van der Waals surface area contributed by atoms with E-state index < -0.39 is 5.60 Å². The van der Waals surface area contributed by atoms with Gasteiger partial charge < -0.3 is 20.7 Å². The zero-order valence-electron chi connectivity index (χ0n) is 12.9. The molecule has 0 aromatic carbocycles. The number of nitrogens with one attached hydrogen (secondary N) is 1. The van der Waals surface area contributed by atoms with Gasteiger partial charge in [0.05, 0.1) is 0 Å². The van der Waals surface area contributed by atoms with Crippen molar-refractivity contribution in [2.45, 2.75) is 38.8 Å². The second kappa shape index (κ2) is 8.75. The lowest BCUT2D eigenvalue weighted by molar-refractivity contribution is -0.127. The zero-order valence-corrected chi connectivity index (χ0v) is 14.5. The van der Waals surface area contributed by atoms with E-state index in [0.29, 0.717) is 19.5 Å². The van der Waals surface area contributed by atoms with Crippen molar-refractivity contribution in [2.75, 3.05) is 31.1 Å². The van der Waals surface area contributed by atoms with Crippen molar-refractivity contribution in [3.63, 3.8) is 0 Å². The van der Waals surface area contributed by atoms with Gasteiger partial charge in [-0.1, -0.05) is 21.6 Å². The standard InChI is InChI=1S/C13H25N3O3S2/c1-13(2,3)19-12(18)15-4-6-20-21-7-5-16-9-10(14)8-11(16)17/h10H,4-9,14H2,1-3H3,(H,15,18). The van der Waals surface area contributed by atoms with Gasteiger partial charge in [-0.05, 0) is 20.8 Å². The monoisotopic (exact) mass is 335 g/mol. The van der Waals surface area contributed by atoms with Crippen molar-refractivity contribution < 1.29 is 14.3 Å². The molecule has 1 fully saturated rings. The summed E-state index contributed by atoms with van der Waals surface area (Å²) >= 11 is 0. The maximum atomic E-state index is 11.5. The Morgan fingerprint density at radius 1 is 1.43 bits per heavy atom. The minimum atomic E-state index is -0.463. The highest BCUT2D eigenvalue weighted by Crippen LogP contribution is 2.21. The summed E-state index contributed by atoms with van der Waals surface area (Å²) in [7, 11) is 3.37. The van der Waals surface area contributed by atoms with Gasteiger partial charge in [-0.2, -0.15) is 0 Å². The number of ether oxygens (including phenoxy) is 1. The van der Waals surface area contributed by atoms with Crippen LogP contribution in [-0.2, 0) is 9.53 Å². The van der Waals surface area contributed by atoms with Gasteiger partial charge in [0.1, 0.15) is 5.60 Å². The second-order valence-electron chi connectivity index (χ2n) is 5.88. The van der Waals surface area contributed by atoms with Crippen molar-refractivity contribution in [1.82, 2.24) is 10.2 Å². The van der Waals surface area contributed by atoms with E-state index in [0.717, 1.165) is 18.1 Å². The molecule has 0 radical (unpaired) electrons. The topological polar surface area (TPSA) is 84.7 Å². The number of amides is 2. The largest absolute Gasteiger partial charge is 0.444 e. The first kappa shape index (κ1) is 18.4. The van der Waals surface area contributed by atoms with Gasteiger partial charge in [-0.25, -0.2) is 4.79 Å². The molecule has 21 heavy (non-hydrogen) atoms. The third kappa shape index (κ3) is 8.43. The van der Waals surface area contributed by atoms with Crippen LogP contribution in [-0.4, -0.2) is 59.7 Å². The summed E-state index contributed by atoms with van der Waals surface area (Å²) in [4.78, 5) is 24.7. The number of rotatable bonds is 7. The molecule has 1 saturated heterocycles. The predicted octanol–water partition coefficient (Wildman–Crippen LogP) is 1.45. The number of likely N-dealkylation sites (tertiary alicyclic amines) is 1. The maximum absolute atomic E-state index is 11.5. The molecule has 0 bridgehead atoms. The van der Waals surface area contributed by atoms with Crippen LogP contribution >= 0.6 is 21.6 Å². The number of nitrogens with zero attached hydrogens (tertiary/aromatic N) is 1. The first-order valence-electron chi connectivity index (χ1n) is 7.02. The summed E-state index contributed by atoms with van der Waals surface area (Å²) in [6, 6.07) is -0.00631. The van der Waals surface area contributed by atoms with Crippen LogP contribution in [0, 0.1) is 0 Å². The van der Waals surface area contributed by atoms with Gasteiger partial charge in [0.25, 0.3) is 0 Å². The highest BCUT2D eigenvalue weighted by atomic mass is 33.1. The van der Waals surface area contributed by atoms with Crippen molar-refractivity contribution in [1.29, 1.82) is 0 Å². The number of carbonyl (C=O) groups excluding carboxylic acids is 2. The maximum Gasteiger partial charge on any atom is 0.407 e. The fourth-order valence-corrected chi connectivity index (χ4v) is 3.69. The smallest absolute Gasteiger partial charge is 0.407 e. The lowest BCUT2D eigenvalue weighted by atomic mass is 10.2. The molecule has 8 heteroatoms. The van der Waals surface area contributed by atoms with E-state index in [1.165, 1.54) is 0 Å². The number of carbonyl (C=O) groups is 2. The lowest BCUT2D eigenvalue weighted by Gasteiger charge is -2.19. The Morgan fingerprint density at radius 3 is 2.67 bits per heavy atom. The third-order valence-corrected chi connectivity index (χ3v) is 5.01. The van der Waals surface area contributed by atoms with Crippen LogP contribution in [0.25, 0.3) is 0 Å². The van der Waals surface area contributed by atoms with Crippen molar-refractivity contribution in [3.8, 4) is 0 Å². The van der Waals surface area contributed by atoms with E-state index in [1.54, 1.807) is 21.6 Å². The highest BCUT2D eigenvalue weighted by Gasteiger charge is 2.26. The number of hydrogen-bond acceptors (Lipinski definition) is 6. The Hall–Kier alpha value is -0.600. The fourth-order valence-electron chi connectivity index (χ4n) is 1.79. The van der Waals surface area contributed by atoms with Crippen LogP contribution in [0.5, 0.6) is 0 Å². The molecule has 1 aliphatic rings. The summed E-state index contributed by atoms with van der Waals surface area (Å²) in [6.45, 7) is 7.49. The Labute approximate surface area is 134 Å². The van der Waals surface area contributed by atoms with Crippen LogP contribution in [0.15, 0.2) is 0 Å². The Balaban J connectivity index is 1.96. The molecule has 0 spiro atoms. The van der Waals surface area contributed by atoms with Gasteiger partial charge >= 0.3 is 6.09 Å². The molecule has 0 aromatic rings. The zero-order chi connectivity index (χ0) is 15.9. The fraction of sp³-hybridized carbons (Fsp3) is 0.846. The summed E-state index contributed by atoms with van der Waals surface area (Å²) < 4.78 is 5.13. The van der Waals surface area contributed by atoms with E-state index in [4.69, 9.17) is 10.5 Å². The van der Waals surface area contributed by atoms with Gasteiger partial charge in [0.2, 0.25) is 5.91 Å². The molecule has 2 amide bonds. The van der Waals surface area contributed by atoms with E-state index in [2.05, 4.69) is 5.32 Å². The van der Waals surface area contributed by atoms with Gasteiger partial charge in [-0.15, -0.1) is 0 Å². The molecule has 1 rings (SSSR count). The molecule has 1 aliphatic heterocycles. The van der Waals surface area contributed by atoms with Gasteiger partial charge in [-0.3, -0.25) is 4.79 Å². The van der Waals surface area contributed by atoms with Crippen LogP contribution in [0.1, 0.15) is 27.2 Å². The van der Waals surface area contributed by atoms with E-state index in [9.17, 15) is 9.59 Å². The number of alkyl carbamates (subject to hydrolysis) is 1. The van der Waals surface area contributed by atoms with Crippen LogP contribution in [0.2, 0.25) is 0 Å². The number of hydrogen-bond donors (Lipinski definition) is 2. The molecule has 3 N–H and O–H groups in total. The summed E-state index contributed by atoms with van der Waals surface area (Å²) in [5.74, 6) is 1.83. The van der Waals surface area contributed by atoms with Gasteiger partial charge in [0.15, 0.2) is 0 Å². The molecular formula is C13H25N3O3S2. The van der Waals surface area contributed by atoms with Crippen LogP contribution < -0.4 is 11.1 Å². The van der Waals surface area contributed by atoms with Gasteiger partial charge in [0, 0.05) is 43.6 Å². The van der Waals surface area contributed by atoms with E-state index >= 15 is 0 Å². The molecule has 6 nitrogen and oxygen atoms in total. The second-order valence-corrected chi connectivity index (χ2v) is 8.58. The first-order valence-corrected chi connectivity index (χ1v) is 9.51. The Bertz CT molecular complexity index is 361. The molecule has 0 saturated carbocycles. The van der Waals surface area contributed by atoms with Crippen molar-refractivity contribution in [2.24, 2.45) is 5.73 Å². The summed E-state index contributed by atoms with van der Waals surface area (Å²) in [6.07, 6.45) is 0.0854. The minimum absolute atomic E-state index is 0.00631. The minimum Gasteiger partial charge on any atom is -0.444 e. The van der Waals surface area contributed by atoms with Crippen LogP contribution in [0.3, 0.4) is 0 Å². The van der Waals surface area contributed by atoms with Crippen molar-refractivity contribution in [3.05, 3.63) is 0 Å². The molecule has 0 aliphatic carbocycles. The van der Waals surface area contributed by atoms with E-state index in [-0.39, 0.29) is 18.0 Å². The SMILES string of the molecule is CC(C)(C)OC(=O)NCCSSCCN1CC(N)CC1=O. The summed E-state index contributed by atoms with van der Waals surface area (Å²) in [5, 5.41) is 2.71. The predicted molar refractivity (Wildman–Crippen MR) is 88.3 cm³/mol. The molecular weight excluding hydrogens is 310 g/mol. The Kier molecular flexibility index (Phi) is 7.69.